The van der Waals surface area contributed by atoms with E-state index in [4.69, 9.17) is 0 Å². The zero-order valence-electron chi connectivity index (χ0n) is 31.7. The van der Waals surface area contributed by atoms with Crippen LogP contribution in [-0.2, 0) is 17.4 Å². The molecule has 0 nitrogen and oxygen atoms in total. The SMILES string of the molecule is Cc1ccc(-c2cccc3ccccc23)c2c1[CH]([Zr]([CH3])([CH3])(=[SiH2])[CH]1C(C(C)C)=Cc3c(-c4cccc5ccccc45)cccc31)C(CC(C)C)=C2.Cl.Cl. The summed E-state index contributed by atoms with van der Waals surface area (Å²) < 4.78 is 6.60. The Hall–Kier alpha value is -3.00. The van der Waals surface area contributed by atoms with Gasteiger partial charge in [0, 0.05) is 0 Å². The van der Waals surface area contributed by atoms with E-state index < -0.39 is 17.4 Å². The summed E-state index contributed by atoms with van der Waals surface area (Å²) in [7, 11) is 0. The molecule has 0 aromatic heterocycles. The van der Waals surface area contributed by atoms with Gasteiger partial charge in [-0.2, -0.15) is 0 Å². The number of halogens is 2. The molecule has 0 saturated heterocycles. The number of fused-ring (bicyclic) bond motifs is 4. The number of rotatable bonds is 7. The predicted molar refractivity (Wildman–Crippen MR) is 234 cm³/mol. The van der Waals surface area contributed by atoms with Crippen molar-refractivity contribution < 1.29 is 17.4 Å². The van der Waals surface area contributed by atoms with Crippen molar-refractivity contribution in [3.63, 3.8) is 0 Å². The fourth-order valence-corrected chi connectivity index (χ4v) is 29.9. The molecule has 52 heavy (non-hydrogen) atoms. The van der Waals surface area contributed by atoms with Gasteiger partial charge < -0.3 is 0 Å². The topological polar surface area (TPSA) is 0 Å². The Morgan fingerprint density at radius 1 is 0.577 bits per heavy atom. The molecule has 0 amide bonds. The minimum absolute atomic E-state index is 0. The maximum Gasteiger partial charge on any atom is -0.147 e. The minimum Gasteiger partial charge on any atom is -0.147 e. The molecule has 0 N–H and O–H groups in total. The molecule has 0 radical (unpaired) electrons. The summed E-state index contributed by atoms with van der Waals surface area (Å²) >= 11 is -3.86. The van der Waals surface area contributed by atoms with E-state index in [2.05, 4.69) is 178 Å². The summed E-state index contributed by atoms with van der Waals surface area (Å²) in [6.07, 6.45) is 6.45. The van der Waals surface area contributed by atoms with Gasteiger partial charge in [0.25, 0.3) is 0 Å². The third kappa shape index (κ3) is 6.26. The molecule has 6 aromatic carbocycles. The van der Waals surface area contributed by atoms with Crippen LogP contribution in [0.25, 0.3) is 56.0 Å². The third-order valence-corrected chi connectivity index (χ3v) is 29.3. The van der Waals surface area contributed by atoms with Gasteiger partial charge in [0.2, 0.25) is 0 Å². The summed E-state index contributed by atoms with van der Waals surface area (Å²) in [5, 5.41) is 5.30. The van der Waals surface area contributed by atoms with Crippen LogP contribution >= 0.6 is 24.8 Å². The average molecular weight is 819 g/mol. The van der Waals surface area contributed by atoms with Crippen LogP contribution in [0.1, 0.15) is 69.2 Å². The molecular weight excluding hydrogens is 767 g/mol. The quantitative estimate of drug-likeness (QED) is 0.141. The van der Waals surface area contributed by atoms with Crippen molar-refractivity contribution >= 4 is 65.4 Å². The maximum atomic E-state index is 2.82. The van der Waals surface area contributed by atoms with E-state index in [0.717, 1.165) is 6.42 Å². The van der Waals surface area contributed by atoms with E-state index in [1.54, 1.807) is 22.3 Å². The standard InChI is InChI=1S/C24H23.C22H19.2CH3.2ClH.H2Si.Zr/c1-16(2)13-18-14-23-17(3)11-12-22(24(23)15-18)21-10-6-8-19-7-4-5-9-20(19)21;1-15(2)18-13-17-9-6-12-21(22(17)14-18)20-11-5-8-16-7-3-4-10-19(16)20;;;;;;/h4-12,14-16H,13H2,1-3H3;3-15H,1-2H3;2*1H3;2*1H;1H2;. The Labute approximate surface area is 326 Å². The van der Waals surface area contributed by atoms with Gasteiger partial charge in [0.15, 0.2) is 0 Å². The molecule has 4 heteroatoms. The summed E-state index contributed by atoms with van der Waals surface area (Å²) in [5.41, 5.74) is 16.4. The smallest absolute Gasteiger partial charge is 0.147 e. The summed E-state index contributed by atoms with van der Waals surface area (Å²) in [6, 6.07) is 43.5. The van der Waals surface area contributed by atoms with Crippen molar-refractivity contribution in [1.82, 2.24) is 0 Å². The monoisotopic (exact) mass is 816 g/mol. The molecule has 0 saturated carbocycles. The Bertz CT molecular complexity index is 2470. The van der Waals surface area contributed by atoms with E-state index in [1.807, 2.05) is 0 Å². The van der Waals surface area contributed by atoms with Crippen LogP contribution in [0.4, 0.5) is 0 Å². The first kappa shape index (κ1) is 38.7. The molecule has 6 aromatic rings. The number of hydrogen-bond acceptors (Lipinski definition) is 0. The van der Waals surface area contributed by atoms with Crippen LogP contribution in [0.3, 0.4) is 0 Å². The second-order valence-electron chi connectivity index (χ2n) is 17.0. The molecule has 266 valence electrons. The molecule has 8 rings (SSSR count). The van der Waals surface area contributed by atoms with Crippen molar-refractivity contribution in [1.29, 1.82) is 0 Å². The fraction of sp³-hybridized carbons (Fsp3) is 0.250. The Balaban J connectivity index is 0.00000232. The zero-order valence-corrected chi connectivity index (χ0v) is 37.2. The van der Waals surface area contributed by atoms with Gasteiger partial charge in [-0.3, -0.25) is 0 Å². The van der Waals surface area contributed by atoms with Crippen LogP contribution in [0.5, 0.6) is 0 Å². The van der Waals surface area contributed by atoms with Crippen LogP contribution in [0, 0.1) is 18.8 Å². The van der Waals surface area contributed by atoms with Gasteiger partial charge in [-0.05, 0) is 0 Å². The molecule has 0 bridgehead atoms. The second-order valence-corrected chi connectivity index (χ2v) is 47.5. The van der Waals surface area contributed by atoms with Crippen molar-refractivity contribution in [2.45, 2.75) is 57.6 Å². The van der Waals surface area contributed by atoms with Crippen molar-refractivity contribution in [2.75, 3.05) is 0 Å². The van der Waals surface area contributed by atoms with Gasteiger partial charge in [0.05, 0.1) is 0 Å². The fourth-order valence-electron chi connectivity index (χ4n) is 10.0. The molecule has 0 heterocycles. The number of benzene rings is 6. The normalized spacial score (nSPS) is 16.7. The van der Waals surface area contributed by atoms with E-state index >= 15 is 0 Å². The zero-order chi connectivity index (χ0) is 35.0. The van der Waals surface area contributed by atoms with E-state index in [-0.39, 0.29) is 24.8 Å². The summed E-state index contributed by atoms with van der Waals surface area (Å²) in [5.74, 6) is 1.08. The first-order chi connectivity index (χ1) is 23.9. The van der Waals surface area contributed by atoms with Gasteiger partial charge in [-0.25, -0.2) is 0 Å². The summed E-state index contributed by atoms with van der Waals surface area (Å²) in [4.78, 5) is 0. The van der Waals surface area contributed by atoms with Gasteiger partial charge in [-0.15, -0.1) is 24.8 Å². The Kier molecular flexibility index (Phi) is 10.7. The molecule has 0 spiro atoms. The molecule has 2 unspecified atom stereocenters. The molecule has 2 aliphatic rings. The largest absolute Gasteiger partial charge is 0.147 e. The summed E-state index contributed by atoms with van der Waals surface area (Å²) in [6.45, 7) is 14.6. The number of hydrogen-bond donors (Lipinski definition) is 0. The van der Waals surface area contributed by atoms with Crippen LogP contribution in [-0.4, -0.2) is 6.88 Å². The van der Waals surface area contributed by atoms with Gasteiger partial charge >= 0.3 is 304 Å². The van der Waals surface area contributed by atoms with E-state index in [0.29, 0.717) is 19.1 Å². The van der Waals surface area contributed by atoms with Gasteiger partial charge in [-0.1, -0.05) is 0 Å². The molecule has 2 atom stereocenters. The van der Waals surface area contributed by atoms with Crippen LogP contribution in [0.2, 0.25) is 9.26 Å². The molecule has 2 aliphatic carbocycles. The molecule has 0 fully saturated rings. The second kappa shape index (κ2) is 14.3. The Morgan fingerprint density at radius 2 is 1.10 bits per heavy atom. The molecule has 0 aliphatic heterocycles. The van der Waals surface area contributed by atoms with Gasteiger partial charge in [0.1, 0.15) is 0 Å². The Morgan fingerprint density at radius 3 is 1.67 bits per heavy atom. The predicted octanol–water partition coefficient (Wildman–Crippen LogP) is 14.1. The average Bonchev–Trinajstić information content (AvgIpc) is 3.69. The first-order valence-electron chi connectivity index (χ1n) is 18.6. The minimum atomic E-state index is -3.86. The van der Waals surface area contributed by atoms with Crippen molar-refractivity contribution in [2.24, 2.45) is 11.8 Å². The maximum absolute atomic E-state index is 3.86. The molecular formula is C48H52Cl2SiZr. The number of aryl methyl sites for hydroxylation is 1. The van der Waals surface area contributed by atoms with Crippen molar-refractivity contribution in [3.8, 4) is 22.3 Å². The van der Waals surface area contributed by atoms with Crippen molar-refractivity contribution in [3.05, 3.63) is 154 Å². The van der Waals surface area contributed by atoms with Crippen LogP contribution in [0.15, 0.2) is 126 Å². The van der Waals surface area contributed by atoms with E-state index in [9.17, 15) is 0 Å². The third-order valence-electron chi connectivity index (χ3n) is 12.0. The van der Waals surface area contributed by atoms with Crippen LogP contribution < -0.4 is 0 Å². The number of allylic oxidation sites excluding steroid dienone is 2. The first-order valence-corrected chi connectivity index (χ1v) is 32.3. The van der Waals surface area contributed by atoms with E-state index in [1.165, 1.54) is 60.5 Å².